The van der Waals surface area contributed by atoms with Crippen LogP contribution in [0.4, 0.5) is 0 Å². The first kappa shape index (κ1) is 9.54. The van der Waals surface area contributed by atoms with Gasteiger partial charge >= 0.3 is 18.0 Å². The van der Waals surface area contributed by atoms with Crippen molar-refractivity contribution < 1.29 is 19.2 Å². The molecule has 0 N–H and O–H groups in total. The number of hydrogen-bond donors (Lipinski definition) is 0. The average Bonchev–Trinajstić information content (AvgIpc) is 1.84. The SMILES string of the molecule is CC(=O)OC(=O)C(C)[N+](=O)[O-]. The molecule has 0 bridgehead atoms. The summed E-state index contributed by atoms with van der Waals surface area (Å²) in [4.78, 5) is 29.7. The number of nitro groups is 1. The molecule has 0 rings (SSSR count). The van der Waals surface area contributed by atoms with Gasteiger partial charge in [-0.3, -0.25) is 14.9 Å². The van der Waals surface area contributed by atoms with Crippen molar-refractivity contribution in [3.05, 3.63) is 10.1 Å². The Morgan fingerprint density at radius 2 is 2.00 bits per heavy atom. The van der Waals surface area contributed by atoms with E-state index in [9.17, 15) is 19.7 Å². The zero-order valence-electron chi connectivity index (χ0n) is 6.07. The summed E-state index contributed by atoms with van der Waals surface area (Å²) in [7, 11) is 0. The van der Waals surface area contributed by atoms with Gasteiger partial charge in [0.05, 0.1) is 0 Å². The average molecular weight is 161 g/mol. The van der Waals surface area contributed by atoms with E-state index < -0.39 is 22.9 Å². The molecule has 11 heavy (non-hydrogen) atoms. The number of carbonyl (C=O) groups is 2. The molecule has 0 aromatic rings. The Bertz CT molecular complexity index is 199. The maximum Gasteiger partial charge on any atom is 0.388 e. The summed E-state index contributed by atoms with van der Waals surface area (Å²) < 4.78 is 3.95. The Balaban J connectivity index is 4.04. The van der Waals surface area contributed by atoms with Crippen LogP contribution in [0.3, 0.4) is 0 Å². The van der Waals surface area contributed by atoms with Crippen LogP contribution >= 0.6 is 0 Å². The van der Waals surface area contributed by atoms with E-state index in [0.29, 0.717) is 0 Å². The molecule has 6 heteroatoms. The standard InChI is InChI=1S/C5H7NO5/c1-3(6(9)10)5(8)11-4(2)7/h3H,1-2H3. The molecule has 0 saturated heterocycles. The van der Waals surface area contributed by atoms with Gasteiger partial charge in [-0.05, 0) is 0 Å². The van der Waals surface area contributed by atoms with Gasteiger partial charge in [-0.1, -0.05) is 0 Å². The molecule has 0 aromatic heterocycles. The van der Waals surface area contributed by atoms with E-state index in [0.717, 1.165) is 13.8 Å². The Labute approximate surface area is 62.3 Å². The zero-order valence-corrected chi connectivity index (χ0v) is 6.07. The zero-order chi connectivity index (χ0) is 9.02. The van der Waals surface area contributed by atoms with Gasteiger partial charge in [-0.25, -0.2) is 4.79 Å². The normalized spacial score (nSPS) is 11.8. The van der Waals surface area contributed by atoms with Crippen molar-refractivity contribution in [2.24, 2.45) is 0 Å². The van der Waals surface area contributed by atoms with Gasteiger partial charge in [-0.2, -0.15) is 0 Å². The minimum absolute atomic E-state index is 0.828. The minimum atomic E-state index is -1.49. The fourth-order valence-corrected chi connectivity index (χ4v) is 0.313. The first-order valence-electron chi connectivity index (χ1n) is 2.81. The van der Waals surface area contributed by atoms with E-state index in [1.807, 2.05) is 0 Å². The Morgan fingerprint density at radius 3 is 2.27 bits per heavy atom. The lowest BCUT2D eigenvalue weighted by molar-refractivity contribution is -0.505. The lowest BCUT2D eigenvalue weighted by Crippen LogP contribution is -2.29. The summed E-state index contributed by atoms with van der Waals surface area (Å²) in [5.74, 6) is -1.98. The molecule has 6 nitrogen and oxygen atoms in total. The van der Waals surface area contributed by atoms with Crippen LogP contribution in [0, 0.1) is 10.1 Å². The highest BCUT2D eigenvalue weighted by Crippen LogP contribution is 1.92. The van der Waals surface area contributed by atoms with Crippen LogP contribution in [-0.2, 0) is 14.3 Å². The van der Waals surface area contributed by atoms with Crippen molar-refractivity contribution >= 4 is 11.9 Å². The topological polar surface area (TPSA) is 86.5 Å². The monoisotopic (exact) mass is 161 g/mol. The van der Waals surface area contributed by atoms with Crippen LogP contribution in [0.15, 0.2) is 0 Å². The molecule has 0 aromatic carbocycles. The van der Waals surface area contributed by atoms with Gasteiger partial charge in [0.2, 0.25) is 0 Å². The van der Waals surface area contributed by atoms with E-state index in [1.165, 1.54) is 0 Å². The van der Waals surface area contributed by atoms with Gasteiger partial charge in [-0.15, -0.1) is 0 Å². The molecule has 0 aliphatic rings. The van der Waals surface area contributed by atoms with Crippen molar-refractivity contribution in [3.8, 4) is 0 Å². The van der Waals surface area contributed by atoms with Crippen LogP contribution in [0.5, 0.6) is 0 Å². The summed E-state index contributed by atoms with van der Waals surface area (Å²) in [6.07, 6.45) is 0. The first-order chi connectivity index (χ1) is 4.95. The lowest BCUT2D eigenvalue weighted by atomic mass is 10.4. The summed E-state index contributed by atoms with van der Waals surface area (Å²) in [6, 6.07) is -1.49. The molecule has 0 aliphatic carbocycles. The van der Waals surface area contributed by atoms with Crippen LogP contribution in [-0.4, -0.2) is 22.9 Å². The van der Waals surface area contributed by atoms with Gasteiger partial charge in [0.25, 0.3) is 0 Å². The maximum atomic E-state index is 10.5. The first-order valence-corrected chi connectivity index (χ1v) is 2.81. The number of ether oxygens (including phenoxy) is 1. The molecule has 0 heterocycles. The van der Waals surface area contributed by atoms with Crippen LogP contribution in [0.1, 0.15) is 13.8 Å². The number of hydrogen-bond acceptors (Lipinski definition) is 5. The van der Waals surface area contributed by atoms with Crippen molar-refractivity contribution in [3.63, 3.8) is 0 Å². The second-order valence-corrected chi connectivity index (χ2v) is 1.87. The van der Waals surface area contributed by atoms with E-state index in [4.69, 9.17) is 0 Å². The van der Waals surface area contributed by atoms with Gasteiger partial charge in [0.1, 0.15) is 0 Å². The molecule has 0 aliphatic heterocycles. The second kappa shape index (κ2) is 3.65. The predicted octanol–water partition coefficient (Wildman–Crippen LogP) is -0.259. The summed E-state index contributed by atoms with van der Waals surface area (Å²) in [5.41, 5.74) is 0. The Hall–Kier alpha value is -1.46. The molecule has 1 unspecified atom stereocenters. The quantitative estimate of drug-likeness (QED) is 0.241. The summed E-state index contributed by atoms with van der Waals surface area (Å²) >= 11 is 0. The highest BCUT2D eigenvalue weighted by molar-refractivity contribution is 5.86. The Morgan fingerprint density at radius 1 is 1.55 bits per heavy atom. The maximum absolute atomic E-state index is 10.5. The number of rotatable bonds is 2. The third-order valence-corrected chi connectivity index (χ3v) is 0.902. The Kier molecular flexibility index (Phi) is 3.16. The lowest BCUT2D eigenvalue weighted by Gasteiger charge is -2.00. The molecule has 62 valence electrons. The fourth-order valence-electron chi connectivity index (χ4n) is 0.313. The van der Waals surface area contributed by atoms with Crippen molar-refractivity contribution in [1.82, 2.24) is 0 Å². The molecule has 0 spiro atoms. The molecule has 0 fully saturated rings. The fraction of sp³-hybridized carbons (Fsp3) is 0.600. The number of esters is 2. The predicted molar refractivity (Wildman–Crippen MR) is 33.2 cm³/mol. The second-order valence-electron chi connectivity index (χ2n) is 1.87. The van der Waals surface area contributed by atoms with Gasteiger partial charge in [0, 0.05) is 18.8 Å². The largest absolute Gasteiger partial charge is 0.388 e. The highest BCUT2D eigenvalue weighted by atomic mass is 16.6. The van der Waals surface area contributed by atoms with Crippen LogP contribution < -0.4 is 0 Å². The number of carbonyl (C=O) groups excluding carboxylic acids is 2. The van der Waals surface area contributed by atoms with Crippen LogP contribution in [0.2, 0.25) is 0 Å². The van der Waals surface area contributed by atoms with E-state index in [1.54, 1.807) is 0 Å². The van der Waals surface area contributed by atoms with Gasteiger partial charge in [0.15, 0.2) is 0 Å². The molecule has 0 radical (unpaired) electrons. The minimum Gasteiger partial charge on any atom is -0.388 e. The van der Waals surface area contributed by atoms with Crippen LogP contribution in [0.25, 0.3) is 0 Å². The van der Waals surface area contributed by atoms with Crippen molar-refractivity contribution in [2.45, 2.75) is 19.9 Å². The smallest absolute Gasteiger partial charge is 0.388 e. The molecule has 0 amide bonds. The molecule has 1 atom stereocenters. The summed E-state index contributed by atoms with van der Waals surface area (Å²) in [5, 5.41) is 9.92. The highest BCUT2D eigenvalue weighted by Gasteiger charge is 2.26. The molecule has 0 saturated carbocycles. The third-order valence-electron chi connectivity index (χ3n) is 0.902. The summed E-state index contributed by atoms with van der Waals surface area (Å²) in [6.45, 7) is 2.05. The van der Waals surface area contributed by atoms with Crippen molar-refractivity contribution in [1.29, 1.82) is 0 Å². The van der Waals surface area contributed by atoms with E-state index in [-0.39, 0.29) is 0 Å². The molecular formula is C5H7NO5. The number of nitrogens with zero attached hydrogens (tertiary/aromatic N) is 1. The van der Waals surface area contributed by atoms with E-state index >= 15 is 0 Å². The van der Waals surface area contributed by atoms with E-state index in [2.05, 4.69) is 4.74 Å². The van der Waals surface area contributed by atoms with Crippen molar-refractivity contribution in [2.75, 3.05) is 0 Å². The molecular weight excluding hydrogens is 154 g/mol. The third kappa shape index (κ3) is 3.29. The van der Waals surface area contributed by atoms with Gasteiger partial charge < -0.3 is 4.74 Å².